The van der Waals surface area contributed by atoms with Crippen molar-refractivity contribution < 1.29 is 0 Å². The first-order valence-corrected chi connectivity index (χ1v) is 6.48. The van der Waals surface area contributed by atoms with Crippen LogP contribution in [0.5, 0.6) is 0 Å². The van der Waals surface area contributed by atoms with Crippen LogP contribution in [0, 0.1) is 6.92 Å². The molecular weight excluding hydrogens is 192 g/mol. The van der Waals surface area contributed by atoms with E-state index in [4.69, 9.17) is 0 Å². The monoisotopic (exact) mass is 216 g/mol. The first-order chi connectivity index (χ1) is 7.74. The fraction of sp³-hybridized carbons (Fsp3) is 0.500. The SMILES string of the molecule is C=Cc1c(C)ccc(CCC)c1CCCC. The van der Waals surface area contributed by atoms with Gasteiger partial charge in [0.05, 0.1) is 0 Å². The minimum absolute atomic E-state index is 1.19. The fourth-order valence-electron chi connectivity index (χ4n) is 2.26. The van der Waals surface area contributed by atoms with Crippen molar-refractivity contribution in [3.8, 4) is 0 Å². The van der Waals surface area contributed by atoms with Gasteiger partial charge in [-0.1, -0.05) is 51.5 Å². The molecule has 0 aliphatic rings. The lowest BCUT2D eigenvalue weighted by atomic mass is 9.91. The molecule has 0 atom stereocenters. The molecule has 0 heterocycles. The summed E-state index contributed by atoms with van der Waals surface area (Å²) < 4.78 is 0. The van der Waals surface area contributed by atoms with E-state index in [1.807, 2.05) is 6.08 Å². The zero-order valence-electron chi connectivity index (χ0n) is 11.0. The smallest absolute Gasteiger partial charge is 0.0198 e. The molecule has 0 bridgehead atoms. The van der Waals surface area contributed by atoms with Crippen LogP contribution < -0.4 is 0 Å². The standard InChI is InChI=1S/C16H24/c1-5-8-10-16-14(9-6-2)12-11-13(4)15(16)7-3/h7,11-12H,3,5-6,8-10H2,1-2,4H3. The van der Waals surface area contributed by atoms with Gasteiger partial charge >= 0.3 is 0 Å². The van der Waals surface area contributed by atoms with Gasteiger partial charge in [-0.15, -0.1) is 0 Å². The van der Waals surface area contributed by atoms with Crippen LogP contribution >= 0.6 is 0 Å². The summed E-state index contributed by atoms with van der Waals surface area (Å²) in [5.74, 6) is 0. The number of rotatable bonds is 6. The molecule has 1 rings (SSSR count). The maximum atomic E-state index is 3.96. The Labute approximate surface area is 100 Å². The van der Waals surface area contributed by atoms with Crippen LogP contribution in [0.3, 0.4) is 0 Å². The van der Waals surface area contributed by atoms with Crippen molar-refractivity contribution >= 4 is 6.08 Å². The summed E-state index contributed by atoms with van der Waals surface area (Å²) in [6, 6.07) is 4.54. The molecule has 1 aromatic carbocycles. The van der Waals surface area contributed by atoms with E-state index in [9.17, 15) is 0 Å². The number of hydrogen-bond acceptors (Lipinski definition) is 0. The number of benzene rings is 1. The van der Waals surface area contributed by atoms with Gasteiger partial charge in [0.1, 0.15) is 0 Å². The van der Waals surface area contributed by atoms with E-state index in [-0.39, 0.29) is 0 Å². The van der Waals surface area contributed by atoms with E-state index in [0.29, 0.717) is 0 Å². The minimum atomic E-state index is 1.19. The van der Waals surface area contributed by atoms with Crippen molar-refractivity contribution in [2.75, 3.05) is 0 Å². The molecule has 0 N–H and O–H groups in total. The maximum Gasteiger partial charge on any atom is -0.0198 e. The highest BCUT2D eigenvalue weighted by Gasteiger charge is 2.07. The Hall–Kier alpha value is -1.04. The maximum absolute atomic E-state index is 3.96. The van der Waals surface area contributed by atoms with Crippen LogP contribution in [0.25, 0.3) is 6.08 Å². The zero-order valence-corrected chi connectivity index (χ0v) is 11.0. The molecule has 0 nitrogen and oxygen atoms in total. The fourth-order valence-corrected chi connectivity index (χ4v) is 2.26. The summed E-state index contributed by atoms with van der Waals surface area (Å²) >= 11 is 0. The van der Waals surface area contributed by atoms with Crippen LogP contribution in [0.2, 0.25) is 0 Å². The summed E-state index contributed by atoms with van der Waals surface area (Å²) in [6.07, 6.45) is 8.18. The van der Waals surface area contributed by atoms with E-state index in [2.05, 4.69) is 39.5 Å². The molecule has 16 heavy (non-hydrogen) atoms. The van der Waals surface area contributed by atoms with Gasteiger partial charge < -0.3 is 0 Å². The van der Waals surface area contributed by atoms with Gasteiger partial charge in [-0.25, -0.2) is 0 Å². The molecular formula is C16H24. The molecule has 0 aliphatic carbocycles. The normalized spacial score (nSPS) is 10.4. The highest BCUT2D eigenvalue weighted by molar-refractivity contribution is 5.58. The van der Waals surface area contributed by atoms with Gasteiger partial charge in [0.25, 0.3) is 0 Å². The lowest BCUT2D eigenvalue weighted by Gasteiger charge is -2.14. The van der Waals surface area contributed by atoms with Crippen molar-refractivity contribution in [2.45, 2.75) is 52.9 Å². The summed E-state index contributed by atoms with van der Waals surface area (Å²) in [6.45, 7) is 10.6. The first-order valence-electron chi connectivity index (χ1n) is 6.48. The van der Waals surface area contributed by atoms with Crippen molar-refractivity contribution in [3.05, 3.63) is 41.0 Å². The second-order valence-corrected chi connectivity index (χ2v) is 4.49. The number of hydrogen-bond donors (Lipinski definition) is 0. The summed E-state index contributed by atoms with van der Waals surface area (Å²) in [5.41, 5.74) is 5.80. The molecule has 0 fully saturated rings. The third-order valence-corrected chi connectivity index (χ3v) is 3.18. The Morgan fingerprint density at radius 1 is 1.12 bits per heavy atom. The summed E-state index contributed by atoms with van der Waals surface area (Å²) in [5, 5.41) is 0. The summed E-state index contributed by atoms with van der Waals surface area (Å²) in [7, 11) is 0. The van der Waals surface area contributed by atoms with E-state index in [1.54, 1.807) is 5.56 Å². The Morgan fingerprint density at radius 3 is 2.44 bits per heavy atom. The second kappa shape index (κ2) is 6.52. The van der Waals surface area contributed by atoms with Crippen molar-refractivity contribution in [2.24, 2.45) is 0 Å². The molecule has 88 valence electrons. The van der Waals surface area contributed by atoms with Crippen LogP contribution in [0.4, 0.5) is 0 Å². The average Bonchev–Trinajstić information content (AvgIpc) is 2.29. The predicted molar refractivity (Wildman–Crippen MR) is 73.9 cm³/mol. The van der Waals surface area contributed by atoms with Gasteiger partial charge in [0.15, 0.2) is 0 Å². The topological polar surface area (TPSA) is 0 Å². The number of unbranched alkanes of at least 4 members (excludes halogenated alkanes) is 1. The van der Waals surface area contributed by atoms with Crippen molar-refractivity contribution in [1.82, 2.24) is 0 Å². The lowest BCUT2D eigenvalue weighted by molar-refractivity contribution is 0.778. The Kier molecular flexibility index (Phi) is 5.31. The molecule has 0 saturated carbocycles. The quantitative estimate of drug-likeness (QED) is 0.632. The first kappa shape index (κ1) is 13.0. The second-order valence-electron chi connectivity index (χ2n) is 4.49. The minimum Gasteiger partial charge on any atom is -0.0984 e. The van der Waals surface area contributed by atoms with Gasteiger partial charge in [-0.3, -0.25) is 0 Å². The van der Waals surface area contributed by atoms with E-state index in [0.717, 1.165) is 0 Å². The Morgan fingerprint density at radius 2 is 1.88 bits per heavy atom. The molecule has 0 amide bonds. The Balaban J connectivity index is 3.12. The average molecular weight is 216 g/mol. The summed E-state index contributed by atoms with van der Waals surface area (Å²) in [4.78, 5) is 0. The van der Waals surface area contributed by atoms with Crippen molar-refractivity contribution in [1.29, 1.82) is 0 Å². The molecule has 0 spiro atoms. The zero-order chi connectivity index (χ0) is 12.0. The Bertz CT molecular complexity index is 347. The van der Waals surface area contributed by atoms with E-state index < -0.39 is 0 Å². The third-order valence-electron chi connectivity index (χ3n) is 3.18. The van der Waals surface area contributed by atoms with Crippen molar-refractivity contribution in [3.63, 3.8) is 0 Å². The van der Waals surface area contributed by atoms with Gasteiger partial charge in [0, 0.05) is 0 Å². The molecule has 0 heteroatoms. The van der Waals surface area contributed by atoms with E-state index in [1.165, 1.54) is 48.8 Å². The molecule has 0 unspecified atom stereocenters. The van der Waals surface area contributed by atoms with Crippen LogP contribution in [-0.4, -0.2) is 0 Å². The largest absolute Gasteiger partial charge is 0.0984 e. The highest BCUT2D eigenvalue weighted by Crippen LogP contribution is 2.23. The van der Waals surface area contributed by atoms with Crippen LogP contribution in [-0.2, 0) is 12.8 Å². The highest BCUT2D eigenvalue weighted by atomic mass is 14.1. The molecule has 0 aliphatic heterocycles. The molecule has 0 radical (unpaired) electrons. The predicted octanol–water partition coefficient (Wildman–Crippen LogP) is 4.93. The van der Waals surface area contributed by atoms with Crippen LogP contribution in [0.1, 0.15) is 55.4 Å². The van der Waals surface area contributed by atoms with E-state index >= 15 is 0 Å². The van der Waals surface area contributed by atoms with Gasteiger partial charge in [0.2, 0.25) is 0 Å². The van der Waals surface area contributed by atoms with Crippen LogP contribution in [0.15, 0.2) is 18.7 Å². The molecule has 1 aromatic rings. The number of aryl methyl sites for hydroxylation is 2. The van der Waals surface area contributed by atoms with Gasteiger partial charge in [-0.05, 0) is 48.4 Å². The van der Waals surface area contributed by atoms with Gasteiger partial charge in [-0.2, -0.15) is 0 Å². The molecule has 0 aromatic heterocycles. The molecule has 0 saturated heterocycles. The lowest BCUT2D eigenvalue weighted by Crippen LogP contribution is -2.00. The third kappa shape index (κ3) is 2.98.